The van der Waals surface area contributed by atoms with Crippen molar-refractivity contribution in [2.45, 2.75) is 44.6 Å². The monoisotopic (exact) mass is 456 g/mol. The summed E-state index contributed by atoms with van der Waals surface area (Å²) in [5.41, 5.74) is 13.3. The summed E-state index contributed by atoms with van der Waals surface area (Å²) in [7, 11) is 2.16. The fraction of sp³-hybridized carbons (Fsp3) is 0.429. The molecule has 2 N–H and O–H groups in total. The molecule has 176 valence electrons. The van der Waals surface area contributed by atoms with Gasteiger partial charge in [-0.2, -0.15) is 5.10 Å². The van der Waals surface area contributed by atoms with Gasteiger partial charge >= 0.3 is 5.97 Å². The summed E-state index contributed by atoms with van der Waals surface area (Å²) in [6.07, 6.45) is 14.6. The van der Waals surface area contributed by atoms with Gasteiger partial charge in [-0.25, -0.2) is 0 Å². The smallest absolute Gasteiger partial charge is 0.303 e. The van der Waals surface area contributed by atoms with Crippen molar-refractivity contribution in [1.29, 1.82) is 0 Å². The third-order valence-electron chi connectivity index (χ3n) is 8.10. The van der Waals surface area contributed by atoms with Gasteiger partial charge in [-0.3, -0.25) is 15.1 Å². The van der Waals surface area contributed by atoms with Crippen LogP contribution in [0.25, 0.3) is 11.6 Å². The number of nitrogens with zero attached hydrogens (tertiary/aromatic N) is 3. The third-order valence-corrected chi connectivity index (χ3v) is 8.10. The predicted molar refractivity (Wildman–Crippen MR) is 135 cm³/mol. The maximum atomic E-state index is 11.0. The molecule has 0 bridgehead atoms. The number of carbonyl (C=O) groups is 1. The number of carboxylic acid groups (broad SMARTS) is 1. The highest BCUT2D eigenvalue weighted by molar-refractivity contribution is 6.20. The summed E-state index contributed by atoms with van der Waals surface area (Å²) < 4.78 is 0. The zero-order valence-electron chi connectivity index (χ0n) is 19.8. The Morgan fingerprint density at radius 2 is 2.06 bits per heavy atom. The summed E-state index contributed by atoms with van der Waals surface area (Å²) in [4.78, 5) is 15.9. The Kier molecular flexibility index (Phi) is 5.41. The van der Waals surface area contributed by atoms with E-state index in [1.165, 1.54) is 33.4 Å². The fourth-order valence-electron chi connectivity index (χ4n) is 6.35. The van der Waals surface area contributed by atoms with Crippen molar-refractivity contribution in [3.8, 4) is 0 Å². The number of fused-ring (bicyclic) bond motifs is 2. The Hall–Kier alpha value is -3.12. The molecule has 0 amide bonds. The summed E-state index contributed by atoms with van der Waals surface area (Å²) >= 11 is 0. The number of hydrogen-bond acceptors (Lipinski definition) is 5. The van der Waals surface area contributed by atoms with Crippen LogP contribution in [0, 0.1) is 5.92 Å². The van der Waals surface area contributed by atoms with E-state index in [1.54, 1.807) is 0 Å². The van der Waals surface area contributed by atoms with E-state index >= 15 is 0 Å². The number of benzene rings is 1. The average Bonchev–Trinajstić information content (AvgIpc) is 3.19. The highest BCUT2D eigenvalue weighted by Crippen LogP contribution is 2.39. The van der Waals surface area contributed by atoms with E-state index in [4.69, 9.17) is 10.2 Å². The molecular weight excluding hydrogens is 424 g/mol. The third kappa shape index (κ3) is 3.80. The molecule has 0 spiro atoms. The van der Waals surface area contributed by atoms with Gasteiger partial charge in [-0.15, -0.1) is 0 Å². The number of likely N-dealkylation sites (N-methyl/N-ethyl adjacent to an activating group) is 1. The minimum atomic E-state index is -0.654. The molecule has 1 fully saturated rings. The number of carboxylic acids is 1. The summed E-state index contributed by atoms with van der Waals surface area (Å²) in [6, 6.07) is 7.11. The average molecular weight is 457 g/mol. The van der Waals surface area contributed by atoms with Crippen LogP contribution >= 0.6 is 0 Å². The molecule has 6 nitrogen and oxygen atoms in total. The normalized spacial score (nSPS) is 26.1. The minimum absolute atomic E-state index is 0.328. The number of rotatable bonds is 4. The van der Waals surface area contributed by atoms with Gasteiger partial charge in [-0.1, -0.05) is 30.4 Å². The number of aliphatic carboxylic acids is 1. The predicted octanol–water partition coefficient (Wildman–Crippen LogP) is 4.23. The van der Waals surface area contributed by atoms with Crippen LogP contribution in [0.4, 0.5) is 0 Å². The maximum Gasteiger partial charge on any atom is 0.303 e. The SMILES string of the molecule is CN1C=C2C(=C(C3=CCN([C@H]4CC[C@@H](CC(=O)O)CC4)CC3)C1)NN=C1C=Cc3cccc2c31. The molecule has 1 saturated carbocycles. The molecule has 0 saturated heterocycles. The second-order valence-electron chi connectivity index (χ2n) is 10.3. The molecule has 2 aliphatic carbocycles. The minimum Gasteiger partial charge on any atom is -0.481 e. The van der Waals surface area contributed by atoms with Gasteiger partial charge in [0.15, 0.2) is 0 Å². The molecule has 1 aromatic rings. The zero-order valence-corrected chi connectivity index (χ0v) is 19.8. The molecular formula is C28H32N4O2. The van der Waals surface area contributed by atoms with Crippen LogP contribution < -0.4 is 5.43 Å². The topological polar surface area (TPSA) is 68.2 Å². The largest absolute Gasteiger partial charge is 0.481 e. The first-order chi connectivity index (χ1) is 16.6. The van der Waals surface area contributed by atoms with Crippen molar-refractivity contribution in [2.24, 2.45) is 11.0 Å². The first-order valence-electron chi connectivity index (χ1n) is 12.5. The second kappa shape index (κ2) is 8.58. The van der Waals surface area contributed by atoms with Gasteiger partial charge < -0.3 is 10.0 Å². The standard InChI is InChI=1S/C28H32N4O2/c1-31-16-23(19-11-13-32(14-12-19)21-8-5-18(6-9-21)15-26(33)34)28-24(17-31)22-4-2-3-20-7-10-25(27(20)22)29-30-28/h2-4,7,10-11,17-18,21,30H,5-6,8-9,12-16H2,1H3,(H,33,34)/t18-,21+. The van der Waals surface area contributed by atoms with E-state index in [9.17, 15) is 4.79 Å². The molecule has 5 aliphatic rings. The summed E-state index contributed by atoms with van der Waals surface area (Å²) in [6.45, 7) is 2.92. The molecule has 34 heavy (non-hydrogen) atoms. The number of hydrogen-bond donors (Lipinski definition) is 2. The van der Waals surface area contributed by atoms with E-state index in [1.807, 2.05) is 0 Å². The van der Waals surface area contributed by atoms with Crippen molar-refractivity contribution in [3.05, 3.63) is 70.1 Å². The number of allylic oxidation sites excluding steroid dienone is 2. The molecule has 0 atom stereocenters. The van der Waals surface area contributed by atoms with E-state index < -0.39 is 5.97 Å². The van der Waals surface area contributed by atoms with Crippen LogP contribution in [0.5, 0.6) is 0 Å². The van der Waals surface area contributed by atoms with Gasteiger partial charge in [-0.05, 0) is 60.8 Å². The zero-order chi connectivity index (χ0) is 23.2. The lowest BCUT2D eigenvalue weighted by molar-refractivity contribution is -0.138. The Morgan fingerprint density at radius 1 is 1.21 bits per heavy atom. The molecule has 6 rings (SSSR count). The van der Waals surface area contributed by atoms with Crippen molar-refractivity contribution in [2.75, 3.05) is 26.7 Å². The maximum absolute atomic E-state index is 11.0. The van der Waals surface area contributed by atoms with Gasteiger partial charge in [0.25, 0.3) is 0 Å². The van der Waals surface area contributed by atoms with Crippen molar-refractivity contribution in [3.63, 3.8) is 0 Å². The van der Waals surface area contributed by atoms with Crippen LogP contribution in [0.3, 0.4) is 0 Å². The van der Waals surface area contributed by atoms with Gasteiger partial charge in [0.1, 0.15) is 0 Å². The first-order valence-corrected chi connectivity index (χ1v) is 12.5. The highest BCUT2D eigenvalue weighted by Gasteiger charge is 2.32. The lowest BCUT2D eigenvalue weighted by Crippen LogP contribution is -2.41. The first kappa shape index (κ1) is 21.4. The molecule has 1 aromatic carbocycles. The molecule has 0 aromatic heterocycles. The number of nitrogens with one attached hydrogen (secondary N) is 1. The molecule has 3 heterocycles. The Labute approximate surface area is 201 Å². The van der Waals surface area contributed by atoms with Crippen LogP contribution in [0.15, 0.2) is 58.5 Å². The quantitative estimate of drug-likeness (QED) is 0.710. The van der Waals surface area contributed by atoms with Crippen LogP contribution in [0.1, 0.15) is 55.2 Å². The van der Waals surface area contributed by atoms with Gasteiger partial charge in [0, 0.05) is 62.1 Å². The van der Waals surface area contributed by atoms with Crippen LogP contribution in [-0.2, 0) is 4.79 Å². The highest BCUT2D eigenvalue weighted by atomic mass is 16.4. The summed E-state index contributed by atoms with van der Waals surface area (Å²) in [5, 5.41) is 13.9. The lowest BCUT2D eigenvalue weighted by atomic mass is 9.82. The van der Waals surface area contributed by atoms with E-state index in [0.717, 1.165) is 63.1 Å². The Bertz CT molecular complexity index is 1180. The fourth-order valence-corrected chi connectivity index (χ4v) is 6.35. The molecule has 0 radical (unpaired) electrons. The summed E-state index contributed by atoms with van der Waals surface area (Å²) in [5.74, 6) is -0.296. The molecule has 3 aliphatic heterocycles. The molecule has 6 heteroatoms. The number of hydrazone groups is 1. The van der Waals surface area contributed by atoms with Gasteiger partial charge in [0.05, 0.1) is 11.4 Å². The van der Waals surface area contributed by atoms with Crippen LogP contribution in [-0.4, -0.2) is 59.3 Å². The molecule has 0 unspecified atom stereocenters. The van der Waals surface area contributed by atoms with E-state index in [-0.39, 0.29) is 0 Å². The van der Waals surface area contributed by atoms with E-state index in [2.05, 4.69) is 64.9 Å². The van der Waals surface area contributed by atoms with Crippen molar-refractivity contribution >= 4 is 23.3 Å². The van der Waals surface area contributed by atoms with E-state index in [0.29, 0.717) is 18.4 Å². The van der Waals surface area contributed by atoms with Crippen molar-refractivity contribution < 1.29 is 9.90 Å². The Morgan fingerprint density at radius 3 is 2.82 bits per heavy atom. The van der Waals surface area contributed by atoms with Crippen molar-refractivity contribution in [1.82, 2.24) is 15.2 Å². The van der Waals surface area contributed by atoms with Crippen LogP contribution in [0.2, 0.25) is 0 Å². The van der Waals surface area contributed by atoms with Gasteiger partial charge in [0.2, 0.25) is 0 Å². The Balaban J connectivity index is 1.23. The lowest BCUT2D eigenvalue weighted by Gasteiger charge is -2.39. The second-order valence-corrected chi connectivity index (χ2v) is 10.3.